The number of hydrogen-bond donors (Lipinski definition) is 3. The molecule has 1 atom stereocenters. The van der Waals surface area contributed by atoms with E-state index in [-0.39, 0.29) is 5.91 Å². The Hall–Kier alpha value is -2.66. The standard InChI is InChI=1S/C15H15N3O2/c16-14(19)13(11-7-3-1-4-8-11)17-18-15(20)12-9-5-2-6-10-12/h1-10,13,17H,(H2,16,19)(H,18,20). The summed E-state index contributed by atoms with van der Waals surface area (Å²) in [5.74, 6) is -0.891. The average Bonchev–Trinajstić information content (AvgIpc) is 2.49. The summed E-state index contributed by atoms with van der Waals surface area (Å²) in [5, 5.41) is 0. The van der Waals surface area contributed by atoms with Gasteiger partial charge >= 0.3 is 0 Å². The largest absolute Gasteiger partial charge is 0.368 e. The van der Waals surface area contributed by atoms with E-state index >= 15 is 0 Å². The van der Waals surface area contributed by atoms with Gasteiger partial charge in [0.1, 0.15) is 6.04 Å². The molecule has 20 heavy (non-hydrogen) atoms. The van der Waals surface area contributed by atoms with Gasteiger partial charge in [-0.05, 0) is 17.7 Å². The van der Waals surface area contributed by atoms with E-state index in [2.05, 4.69) is 10.9 Å². The van der Waals surface area contributed by atoms with Crippen LogP contribution in [-0.2, 0) is 4.79 Å². The summed E-state index contributed by atoms with van der Waals surface area (Å²) in [6.07, 6.45) is 0. The fourth-order valence-corrected chi connectivity index (χ4v) is 1.76. The van der Waals surface area contributed by atoms with E-state index in [0.29, 0.717) is 11.1 Å². The quantitative estimate of drug-likeness (QED) is 0.712. The second-order valence-electron chi connectivity index (χ2n) is 4.21. The lowest BCUT2D eigenvalue weighted by molar-refractivity contribution is -0.120. The second-order valence-corrected chi connectivity index (χ2v) is 4.21. The number of nitrogens with one attached hydrogen (secondary N) is 2. The van der Waals surface area contributed by atoms with Gasteiger partial charge in [0.25, 0.3) is 5.91 Å². The Bertz CT molecular complexity index is 585. The van der Waals surface area contributed by atoms with E-state index in [1.165, 1.54) is 0 Å². The number of carbonyl (C=O) groups is 2. The van der Waals surface area contributed by atoms with E-state index in [4.69, 9.17) is 5.73 Å². The molecule has 2 aromatic carbocycles. The number of primary amides is 1. The molecule has 1 unspecified atom stereocenters. The Kier molecular flexibility index (Phi) is 4.47. The molecular formula is C15H15N3O2. The van der Waals surface area contributed by atoms with Crippen molar-refractivity contribution in [1.29, 1.82) is 0 Å². The predicted octanol–water partition coefficient (Wildman–Crippen LogP) is 1.15. The highest BCUT2D eigenvalue weighted by molar-refractivity contribution is 5.94. The Labute approximate surface area is 116 Å². The molecule has 5 heteroatoms. The molecule has 0 aliphatic carbocycles. The van der Waals surface area contributed by atoms with Gasteiger partial charge in [-0.3, -0.25) is 15.0 Å². The zero-order valence-electron chi connectivity index (χ0n) is 10.7. The van der Waals surface area contributed by atoms with Crippen LogP contribution in [0.4, 0.5) is 0 Å². The lowest BCUT2D eigenvalue weighted by atomic mass is 10.1. The lowest BCUT2D eigenvalue weighted by Gasteiger charge is -2.16. The first-order chi connectivity index (χ1) is 9.68. The molecule has 2 rings (SSSR count). The molecular weight excluding hydrogens is 254 g/mol. The van der Waals surface area contributed by atoms with Gasteiger partial charge in [0.2, 0.25) is 5.91 Å². The molecule has 0 aliphatic rings. The van der Waals surface area contributed by atoms with Crippen molar-refractivity contribution in [3.05, 3.63) is 71.8 Å². The fourth-order valence-electron chi connectivity index (χ4n) is 1.76. The Morgan fingerprint density at radius 3 is 2.00 bits per heavy atom. The van der Waals surface area contributed by atoms with Crippen LogP contribution in [0.25, 0.3) is 0 Å². The number of benzene rings is 2. The first kappa shape index (κ1) is 13.8. The summed E-state index contributed by atoms with van der Waals surface area (Å²) in [6.45, 7) is 0. The van der Waals surface area contributed by atoms with Crippen molar-refractivity contribution in [3.8, 4) is 0 Å². The highest BCUT2D eigenvalue weighted by Gasteiger charge is 2.18. The van der Waals surface area contributed by atoms with Crippen LogP contribution in [-0.4, -0.2) is 11.8 Å². The van der Waals surface area contributed by atoms with Crippen molar-refractivity contribution < 1.29 is 9.59 Å². The molecule has 2 aromatic rings. The molecule has 0 spiro atoms. The van der Waals surface area contributed by atoms with Crippen LogP contribution in [0.15, 0.2) is 60.7 Å². The topological polar surface area (TPSA) is 84.2 Å². The van der Waals surface area contributed by atoms with E-state index in [1.807, 2.05) is 12.1 Å². The van der Waals surface area contributed by atoms with Crippen molar-refractivity contribution in [2.75, 3.05) is 0 Å². The van der Waals surface area contributed by atoms with Crippen molar-refractivity contribution in [1.82, 2.24) is 10.9 Å². The van der Waals surface area contributed by atoms with Gasteiger partial charge in [0.15, 0.2) is 0 Å². The minimum absolute atomic E-state index is 0.326. The summed E-state index contributed by atoms with van der Waals surface area (Å²) in [7, 11) is 0. The van der Waals surface area contributed by atoms with Crippen molar-refractivity contribution in [3.63, 3.8) is 0 Å². The van der Waals surface area contributed by atoms with Crippen LogP contribution >= 0.6 is 0 Å². The Morgan fingerprint density at radius 2 is 1.45 bits per heavy atom. The molecule has 0 fully saturated rings. The molecule has 4 N–H and O–H groups in total. The maximum Gasteiger partial charge on any atom is 0.265 e. The first-order valence-electron chi connectivity index (χ1n) is 6.13. The SMILES string of the molecule is NC(=O)C(NNC(=O)c1ccccc1)c1ccccc1. The lowest BCUT2D eigenvalue weighted by Crippen LogP contribution is -2.45. The van der Waals surface area contributed by atoms with E-state index in [0.717, 1.165) is 0 Å². The number of amides is 2. The molecule has 0 aromatic heterocycles. The molecule has 0 aliphatic heterocycles. The van der Waals surface area contributed by atoms with Gasteiger partial charge in [-0.1, -0.05) is 48.5 Å². The van der Waals surface area contributed by atoms with Crippen LogP contribution in [0.2, 0.25) is 0 Å². The molecule has 0 saturated heterocycles. The fraction of sp³-hybridized carbons (Fsp3) is 0.0667. The van der Waals surface area contributed by atoms with Gasteiger partial charge in [-0.2, -0.15) is 0 Å². The van der Waals surface area contributed by atoms with Gasteiger partial charge in [-0.25, -0.2) is 5.43 Å². The van der Waals surface area contributed by atoms with Crippen LogP contribution in [0, 0.1) is 0 Å². The third-order valence-corrected chi connectivity index (χ3v) is 2.78. The summed E-state index contributed by atoms with van der Waals surface area (Å²) < 4.78 is 0. The molecule has 0 saturated carbocycles. The van der Waals surface area contributed by atoms with Gasteiger partial charge < -0.3 is 5.73 Å². The predicted molar refractivity (Wildman–Crippen MR) is 75.4 cm³/mol. The third-order valence-electron chi connectivity index (χ3n) is 2.78. The van der Waals surface area contributed by atoms with Crippen LogP contribution in [0.3, 0.4) is 0 Å². The number of hydrogen-bond acceptors (Lipinski definition) is 3. The summed E-state index contributed by atoms with van der Waals surface area (Å²) in [4.78, 5) is 23.3. The molecule has 0 radical (unpaired) electrons. The van der Waals surface area contributed by atoms with Crippen LogP contribution in [0.5, 0.6) is 0 Å². The summed E-state index contributed by atoms with van der Waals surface area (Å²) in [5.41, 5.74) is 11.7. The first-order valence-corrected chi connectivity index (χ1v) is 6.13. The van der Waals surface area contributed by atoms with Crippen molar-refractivity contribution >= 4 is 11.8 Å². The van der Waals surface area contributed by atoms with Crippen LogP contribution < -0.4 is 16.6 Å². The monoisotopic (exact) mass is 269 g/mol. The summed E-state index contributed by atoms with van der Waals surface area (Å²) in [6, 6.07) is 16.9. The maximum atomic E-state index is 11.9. The zero-order valence-corrected chi connectivity index (χ0v) is 10.7. The minimum atomic E-state index is -0.774. The highest BCUT2D eigenvalue weighted by Crippen LogP contribution is 2.10. The van der Waals surface area contributed by atoms with Gasteiger partial charge in [0, 0.05) is 5.56 Å². The summed E-state index contributed by atoms with van der Waals surface area (Å²) >= 11 is 0. The molecule has 0 bridgehead atoms. The Morgan fingerprint density at radius 1 is 0.900 bits per heavy atom. The van der Waals surface area contributed by atoms with Gasteiger partial charge in [0.05, 0.1) is 0 Å². The Balaban J connectivity index is 2.04. The van der Waals surface area contributed by atoms with E-state index < -0.39 is 11.9 Å². The zero-order chi connectivity index (χ0) is 14.4. The molecule has 102 valence electrons. The molecule has 2 amide bonds. The van der Waals surface area contributed by atoms with E-state index in [1.54, 1.807) is 48.5 Å². The van der Waals surface area contributed by atoms with Crippen LogP contribution in [0.1, 0.15) is 22.0 Å². The third kappa shape index (κ3) is 3.43. The maximum absolute atomic E-state index is 11.9. The van der Waals surface area contributed by atoms with E-state index in [9.17, 15) is 9.59 Å². The molecule has 0 heterocycles. The highest BCUT2D eigenvalue weighted by atomic mass is 16.2. The van der Waals surface area contributed by atoms with Crippen molar-refractivity contribution in [2.45, 2.75) is 6.04 Å². The molecule has 5 nitrogen and oxygen atoms in total. The number of carbonyl (C=O) groups excluding carboxylic acids is 2. The number of nitrogens with two attached hydrogens (primary N) is 1. The smallest absolute Gasteiger partial charge is 0.265 e. The average molecular weight is 269 g/mol. The van der Waals surface area contributed by atoms with Gasteiger partial charge in [-0.15, -0.1) is 0 Å². The van der Waals surface area contributed by atoms with Crippen molar-refractivity contribution in [2.24, 2.45) is 5.73 Å². The number of rotatable bonds is 5. The second kappa shape index (κ2) is 6.49. The minimum Gasteiger partial charge on any atom is -0.368 e. The normalized spacial score (nSPS) is 11.6. The number of hydrazine groups is 1.